The second-order valence-corrected chi connectivity index (χ2v) is 10.2. The van der Waals surface area contributed by atoms with E-state index in [2.05, 4.69) is 22.5 Å². The number of rotatable bonds is 11. The molecule has 1 aliphatic carbocycles. The molecule has 7 unspecified atom stereocenters. The van der Waals surface area contributed by atoms with Gasteiger partial charge in [0, 0.05) is 17.6 Å². The summed E-state index contributed by atoms with van der Waals surface area (Å²) in [4.78, 5) is 49.8. The molecule has 37 heavy (non-hydrogen) atoms. The first-order valence-corrected chi connectivity index (χ1v) is 12.9. The molecule has 0 radical (unpaired) electrons. The Morgan fingerprint density at radius 2 is 1.84 bits per heavy atom. The summed E-state index contributed by atoms with van der Waals surface area (Å²) in [6.07, 6.45) is 3.15. The molecule has 8 nitrogen and oxygen atoms in total. The van der Waals surface area contributed by atoms with E-state index in [9.17, 15) is 19.2 Å². The Kier molecular flexibility index (Phi) is 7.95. The van der Waals surface area contributed by atoms with Crippen molar-refractivity contribution in [3.8, 4) is 0 Å². The highest BCUT2D eigenvalue weighted by atomic mass is 16.6. The van der Waals surface area contributed by atoms with Gasteiger partial charge in [-0.3, -0.25) is 19.2 Å². The first-order valence-electron chi connectivity index (χ1n) is 12.9. The van der Waals surface area contributed by atoms with Crippen LogP contribution >= 0.6 is 0 Å². The fourth-order valence-electron chi connectivity index (χ4n) is 4.80. The number of fused-ring (bicyclic) bond motifs is 1. The van der Waals surface area contributed by atoms with E-state index in [1.807, 2.05) is 44.2 Å². The lowest BCUT2D eigenvalue weighted by Gasteiger charge is -2.37. The van der Waals surface area contributed by atoms with Crippen molar-refractivity contribution in [2.24, 2.45) is 17.8 Å². The number of benzene rings is 2. The summed E-state index contributed by atoms with van der Waals surface area (Å²) >= 11 is 0. The van der Waals surface area contributed by atoms with Crippen LogP contribution in [0.2, 0.25) is 0 Å². The van der Waals surface area contributed by atoms with Crippen molar-refractivity contribution in [3.05, 3.63) is 60.7 Å². The molecular weight excluding hydrogens is 470 g/mol. The molecule has 0 bridgehead atoms. The Balaban J connectivity index is 1.23. The SMILES string of the molecule is C=CC(CC1CC1NC(=O)C1OC(=O)C1C(C)CC)NC(=O)C(C)NC(=O)c1ccc2ccccc2c1. The maximum absolute atomic E-state index is 12.8. The van der Waals surface area contributed by atoms with Gasteiger partial charge < -0.3 is 20.7 Å². The quantitative estimate of drug-likeness (QED) is 0.321. The maximum atomic E-state index is 12.8. The van der Waals surface area contributed by atoms with Crippen molar-refractivity contribution < 1.29 is 23.9 Å². The van der Waals surface area contributed by atoms with Crippen LogP contribution in [0, 0.1) is 17.8 Å². The van der Waals surface area contributed by atoms with Crippen LogP contribution < -0.4 is 16.0 Å². The zero-order valence-electron chi connectivity index (χ0n) is 21.5. The van der Waals surface area contributed by atoms with Crippen LogP contribution in [0.15, 0.2) is 55.1 Å². The lowest BCUT2D eigenvalue weighted by molar-refractivity contribution is -0.193. The molecule has 8 heteroatoms. The van der Waals surface area contributed by atoms with E-state index >= 15 is 0 Å². The molecule has 1 heterocycles. The van der Waals surface area contributed by atoms with Crippen molar-refractivity contribution in [2.75, 3.05) is 0 Å². The second-order valence-electron chi connectivity index (χ2n) is 10.2. The number of hydrogen-bond donors (Lipinski definition) is 3. The fourth-order valence-corrected chi connectivity index (χ4v) is 4.80. The Morgan fingerprint density at radius 1 is 1.11 bits per heavy atom. The van der Waals surface area contributed by atoms with Gasteiger partial charge >= 0.3 is 5.97 Å². The first-order chi connectivity index (χ1) is 17.7. The highest BCUT2D eigenvalue weighted by molar-refractivity contribution is 6.00. The molecule has 1 saturated heterocycles. The van der Waals surface area contributed by atoms with Crippen LogP contribution in [0.5, 0.6) is 0 Å². The van der Waals surface area contributed by atoms with Gasteiger partial charge in [0.25, 0.3) is 11.8 Å². The summed E-state index contributed by atoms with van der Waals surface area (Å²) in [5, 5.41) is 10.7. The van der Waals surface area contributed by atoms with E-state index in [4.69, 9.17) is 4.74 Å². The minimum atomic E-state index is -0.734. The molecule has 2 aromatic carbocycles. The Morgan fingerprint density at radius 3 is 2.51 bits per heavy atom. The minimum Gasteiger partial charge on any atom is -0.451 e. The Bertz CT molecular complexity index is 1210. The van der Waals surface area contributed by atoms with Gasteiger partial charge in [-0.1, -0.05) is 56.7 Å². The molecule has 2 aliphatic rings. The van der Waals surface area contributed by atoms with Gasteiger partial charge in [0.1, 0.15) is 12.0 Å². The fraction of sp³-hybridized carbons (Fsp3) is 0.448. The van der Waals surface area contributed by atoms with Crippen LogP contribution in [-0.2, 0) is 19.1 Å². The zero-order chi connectivity index (χ0) is 26.7. The third kappa shape index (κ3) is 6.01. The van der Waals surface area contributed by atoms with Crippen LogP contribution in [0.3, 0.4) is 0 Å². The van der Waals surface area contributed by atoms with Crippen LogP contribution in [0.1, 0.15) is 50.4 Å². The van der Waals surface area contributed by atoms with Crippen molar-refractivity contribution in [3.63, 3.8) is 0 Å². The zero-order valence-corrected chi connectivity index (χ0v) is 21.5. The first kappa shape index (κ1) is 26.4. The third-order valence-electron chi connectivity index (χ3n) is 7.53. The third-order valence-corrected chi connectivity index (χ3v) is 7.53. The molecule has 0 aromatic heterocycles. The smallest absolute Gasteiger partial charge is 0.314 e. The van der Waals surface area contributed by atoms with E-state index in [-0.39, 0.29) is 53.5 Å². The standard InChI is InChI=1S/C29H35N3O5/c1-5-16(3)24-25(37-29(24)36)28(35)32-23-15-21(23)14-22(6-2)31-26(33)17(4)30-27(34)20-12-11-18-9-7-8-10-19(18)13-20/h6-13,16-17,21-25H,2,5,14-15H2,1,3-4H3,(H,30,34)(H,31,33)(H,32,35). The molecule has 2 fully saturated rings. The predicted molar refractivity (Wildman–Crippen MR) is 140 cm³/mol. The second kappa shape index (κ2) is 11.2. The molecular formula is C29H35N3O5. The topological polar surface area (TPSA) is 114 Å². The number of ether oxygens (including phenoxy) is 1. The van der Waals surface area contributed by atoms with E-state index in [1.54, 1.807) is 25.1 Å². The van der Waals surface area contributed by atoms with Crippen LogP contribution in [0.4, 0.5) is 0 Å². The molecule has 1 aliphatic heterocycles. The summed E-state index contributed by atoms with van der Waals surface area (Å²) < 4.78 is 5.11. The summed E-state index contributed by atoms with van der Waals surface area (Å²) in [7, 11) is 0. The normalized spacial score (nSPS) is 24.6. The van der Waals surface area contributed by atoms with E-state index in [1.165, 1.54) is 0 Å². The number of esters is 1. The maximum Gasteiger partial charge on any atom is 0.314 e. The lowest BCUT2D eigenvalue weighted by atomic mass is 9.83. The van der Waals surface area contributed by atoms with E-state index < -0.39 is 12.1 Å². The average molecular weight is 506 g/mol. The highest BCUT2D eigenvalue weighted by Crippen LogP contribution is 2.37. The Hall–Kier alpha value is -3.68. The van der Waals surface area contributed by atoms with Crippen molar-refractivity contribution in [2.45, 2.75) is 64.3 Å². The van der Waals surface area contributed by atoms with Gasteiger partial charge in [-0.05, 0) is 54.5 Å². The summed E-state index contributed by atoms with van der Waals surface area (Å²) in [5.74, 6) is -1.28. The monoisotopic (exact) mass is 505 g/mol. The summed E-state index contributed by atoms with van der Waals surface area (Å²) in [6, 6.07) is 12.1. The summed E-state index contributed by atoms with van der Waals surface area (Å²) in [6.45, 7) is 9.41. The highest BCUT2D eigenvalue weighted by Gasteiger charge is 2.51. The average Bonchev–Trinajstić information content (AvgIpc) is 3.62. The molecule has 4 rings (SSSR count). The van der Waals surface area contributed by atoms with Crippen molar-refractivity contribution in [1.82, 2.24) is 16.0 Å². The number of carbonyl (C=O) groups is 4. The Labute approximate surface area is 217 Å². The van der Waals surface area contributed by atoms with Crippen molar-refractivity contribution in [1.29, 1.82) is 0 Å². The molecule has 3 N–H and O–H groups in total. The largest absolute Gasteiger partial charge is 0.451 e. The van der Waals surface area contributed by atoms with Gasteiger partial charge in [-0.2, -0.15) is 0 Å². The van der Waals surface area contributed by atoms with Gasteiger partial charge in [0.05, 0.1) is 0 Å². The molecule has 7 atom stereocenters. The van der Waals surface area contributed by atoms with Crippen molar-refractivity contribution >= 4 is 34.5 Å². The molecule has 3 amide bonds. The van der Waals surface area contributed by atoms with Gasteiger partial charge in [0.15, 0.2) is 6.10 Å². The molecule has 1 saturated carbocycles. The van der Waals surface area contributed by atoms with Gasteiger partial charge in [-0.25, -0.2) is 0 Å². The molecule has 2 aromatic rings. The van der Waals surface area contributed by atoms with E-state index in [0.29, 0.717) is 12.0 Å². The summed E-state index contributed by atoms with van der Waals surface area (Å²) in [5.41, 5.74) is 0.489. The van der Waals surface area contributed by atoms with Crippen LogP contribution in [0.25, 0.3) is 10.8 Å². The number of amides is 3. The number of nitrogens with one attached hydrogen (secondary N) is 3. The number of hydrogen-bond acceptors (Lipinski definition) is 5. The lowest BCUT2D eigenvalue weighted by Crippen LogP contribution is -2.56. The van der Waals surface area contributed by atoms with Crippen LogP contribution in [-0.4, -0.2) is 47.9 Å². The predicted octanol–water partition coefficient (Wildman–Crippen LogP) is 3.11. The molecule has 196 valence electrons. The number of cyclic esters (lactones) is 1. The van der Waals surface area contributed by atoms with Gasteiger partial charge in [0.2, 0.25) is 5.91 Å². The minimum absolute atomic E-state index is 0.0197. The van der Waals surface area contributed by atoms with Gasteiger partial charge in [-0.15, -0.1) is 6.58 Å². The van der Waals surface area contributed by atoms with E-state index in [0.717, 1.165) is 23.6 Å². The number of carbonyl (C=O) groups excluding carboxylic acids is 4. The molecule has 0 spiro atoms.